The van der Waals surface area contributed by atoms with Gasteiger partial charge in [0.15, 0.2) is 0 Å². The Kier molecular flexibility index (Phi) is 41.8. The highest BCUT2D eigenvalue weighted by atomic mass is 16.5. The standard InChI is InChI=1S/C50H89NO5/c1-4-7-10-13-16-19-22-24-25-26-27-29-32-35-38-41-46(56-50(55)43-40-37-34-31-28-23-20-17-14-11-8-5-2)44-49(54)51-47(45-52)48(53)42-39-36-33-30-21-18-15-12-9-6-3/h7,10,16,19,24-25,27,29,35,38,46-48,52-53H,4-6,8-9,11-15,17-18,20-23,26,28,30-34,36-37,39-45H2,1-3H3,(H,51,54)/b10-7-,19-16-,25-24-,29-27-,38-35-. The molecule has 1 amide bonds. The van der Waals surface area contributed by atoms with Crippen LogP contribution in [0.1, 0.15) is 220 Å². The molecule has 0 saturated heterocycles. The van der Waals surface area contributed by atoms with Gasteiger partial charge in [0.1, 0.15) is 6.10 Å². The van der Waals surface area contributed by atoms with Crippen LogP contribution in [0.4, 0.5) is 0 Å². The summed E-state index contributed by atoms with van der Waals surface area (Å²) in [4.78, 5) is 26.0. The fraction of sp³-hybridized carbons (Fsp3) is 0.760. The van der Waals surface area contributed by atoms with Crippen molar-refractivity contribution in [1.82, 2.24) is 5.32 Å². The van der Waals surface area contributed by atoms with E-state index >= 15 is 0 Å². The summed E-state index contributed by atoms with van der Waals surface area (Å²) in [7, 11) is 0. The minimum absolute atomic E-state index is 0.0000278. The number of aliphatic hydroxyl groups is 2. The van der Waals surface area contributed by atoms with Crippen LogP contribution in [0.2, 0.25) is 0 Å². The summed E-state index contributed by atoms with van der Waals surface area (Å²) >= 11 is 0. The van der Waals surface area contributed by atoms with Crippen LogP contribution in [0.15, 0.2) is 60.8 Å². The Hall–Kier alpha value is -2.44. The number of carbonyl (C=O) groups is 2. The molecule has 0 heterocycles. The molecule has 3 unspecified atom stereocenters. The fourth-order valence-electron chi connectivity index (χ4n) is 6.81. The van der Waals surface area contributed by atoms with Crippen molar-refractivity contribution in [2.75, 3.05) is 6.61 Å². The average Bonchev–Trinajstić information content (AvgIpc) is 3.19. The first-order valence-corrected chi connectivity index (χ1v) is 23.5. The molecule has 0 aliphatic heterocycles. The van der Waals surface area contributed by atoms with Crippen LogP contribution < -0.4 is 5.32 Å². The average molecular weight is 784 g/mol. The fourth-order valence-corrected chi connectivity index (χ4v) is 6.81. The van der Waals surface area contributed by atoms with Gasteiger partial charge in [0, 0.05) is 12.8 Å². The van der Waals surface area contributed by atoms with E-state index in [9.17, 15) is 19.8 Å². The van der Waals surface area contributed by atoms with Crippen molar-refractivity contribution in [3.8, 4) is 0 Å². The molecule has 0 radical (unpaired) electrons. The van der Waals surface area contributed by atoms with Crippen LogP contribution in [0.25, 0.3) is 0 Å². The van der Waals surface area contributed by atoms with Crippen LogP contribution in [0.3, 0.4) is 0 Å². The monoisotopic (exact) mass is 784 g/mol. The molecule has 3 atom stereocenters. The van der Waals surface area contributed by atoms with Gasteiger partial charge in [-0.15, -0.1) is 0 Å². The third-order valence-electron chi connectivity index (χ3n) is 10.4. The van der Waals surface area contributed by atoms with Crippen molar-refractivity contribution in [2.45, 2.75) is 238 Å². The molecule has 3 N–H and O–H groups in total. The number of hydrogen-bond donors (Lipinski definition) is 3. The zero-order chi connectivity index (χ0) is 41.0. The summed E-state index contributed by atoms with van der Waals surface area (Å²) < 4.78 is 5.84. The smallest absolute Gasteiger partial charge is 0.306 e. The van der Waals surface area contributed by atoms with E-state index in [1.807, 2.05) is 12.2 Å². The molecule has 0 spiro atoms. The van der Waals surface area contributed by atoms with E-state index in [-0.39, 0.29) is 24.9 Å². The van der Waals surface area contributed by atoms with Gasteiger partial charge < -0.3 is 20.3 Å². The highest BCUT2D eigenvalue weighted by Crippen LogP contribution is 2.16. The zero-order valence-electron chi connectivity index (χ0n) is 36.8. The van der Waals surface area contributed by atoms with Crippen molar-refractivity contribution < 1.29 is 24.5 Å². The second-order valence-corrected chi connectivity index (χ2v) is 15.8. The highest BCUT2D eigenvalue weighted by Gasteiger charge is 2.23. The van der Waals surface area contributed by atoms with E-state index in [4.69, 9.17) is 4.74 Å². The first kappa shape index (κ1) is 53.6. The predicted molar refractivity (Wildman–Crippen MR) is 241 cm³/mol. The summed E-state index contributed by atoms with van der Waals surface area (Å²) in [5.74, 6) is -0.580. The summed E-state index contributed by atoms with van der Waals surface area (Å²) in [6.45, 7) is 6.31. The van der Waals surface area contributed by atoms with Crippen molar-refractivity contribution in [1.29, 1.82) is 0 Å². The number of nitrogens with one attached hydrogen (secondary N) is 1. The molecular formula is C50H89NO5. The zero-order valence-corrected chi connectivity index (χ0v) is 36.8. The first-order valence-electron chi connectivity index (χ1n) is 23.5. The molecule has 0 fully saturated rings. The summed E-state index contributed by atoms with van der Waals surface area (Å²) in [5.41, 5.74) is 0. The molecule has 0 aromatic carbocycles. The van der Waals surface area contributed by atoms with Gasteiger partial charge in [-0.1, -0.05) is 216 Å². The Balaban J connectivity index is 4.76. The van der Waals surface area contributed by atoms with Crippen LogP contribution in [0.5, 0.6) is 0 Å². The lowest BCUT2D eigenvalue weighted by Crippen LogP contribution is -2.46. The van der Waals surface area contributed by atoms with Gasteiger partial charge in [-0.2, -0.15) is 0 Å². The lowest BCUT2D eigenvalue weighted by atomic mass is 10.0. The lowest BCUT2D eigenvalue weighted by Gasteiger charge is -2.24. The van der Waals surface area contributed by atoms with E-state index < -0.39 is 18.2 Å². The van der Waals surface area contributed by atoms with Gasteiger partial charge >= 0.3 is 5.97 Å². The second kappa shape index (κ2) is 43.7. The third-order valence-corrected chi connectivity index (χ3v) is 10.4. The Morgan fingerprint density at radius 3 is 1.36 bits per heavy atom. The maximum Gasteiger partial charge on any atom is 0.306 e. The number of unbranched alkanes of at least 4 members (excludes halogenated alkanes) is 20. The molecule has 0 rings (SSSR count). The predicted octanol–water partition coefficient (Wildman–Crippen LogP) is 13.7. The summed E-state index contributed by atoms with van der Waals surface area (Å²) in [5, 5.41) is 23.6. The Bertz CT molecular complexity index is 1010. The van der Waals surface area contributed by atoms with Crippen LogP contribution in [-0.2, 0) is 14.3 Å². The molecule has 0 bridgehead atoms. The van der Waals surface area contributed by atoms with E-state index in [1.54, 1.807) is 0 Å². The molecule has 6 nitrogen and oxygen atoms in total. The Morgan fingerprint density at radius 1 is 0.536 bits per heavy atom. The van der Waals surface area contributed by atoms with Gasteiger partial charge in [-0.3, -0.25) is 9.59 Å². The van der Waals surface area contributed by atoms with Crippen LogP contribution >= 0.6 is 0 Å². The molecule has 0 aromatic rings. The number of ether oxygens (including phenoxy) is 1. The second-order valence-electron chi connectivity index (χ2n) is 15.8. The number of amides is 1. The molecule has 0 aromatic heterocycles. The van der Waals surface area contributed by atoms with Gasteiger partial charge in [-0.25, -0.2) is 0 Å². The number of carbonyl (C=O) groups excluding carboxylic acids is 2. The van der Waals surface area contributed by atoms with Gasteiger partial charge in [0.2, 0.25) is 5.91 Å². The van der Waals surface area contributed by atoms with Crippen molar-refractivity contribution in [3.05, 3.63) is 60.8 Å². The Morgan fingerprint density at radius 2 is 0.929 bits per heavy atom. The molecule has 0 aliphatic carbocycles. The third kappa shape index (κ3) is 38.4. The molecule has 6 heteroatoms. The minimum atomic E-state index is -0.809. The number of aliphatic hydroxyl groups excluding tert-OH is 2. The van der Waals surface area contributed by atoms with Crippen molar-refractivity contribution in [2.24, 2.45) is 0 Å². The highest BCUT2D eigenvalue weighted by molar-refractivity contribution is 5.77. The van der Waals surface area contributed by atoms with Crippen molar-refractivity contribution >= 4 is 11.9 Å². The molecule has 56 heavy (non-hydrogen) atoms. The maximum atomic E-state index is 13.1. The normalized spacial score (nSPS) is 13.9. The van der Waals surface area contributed by atoms with Gasteiger partial charge in [-0.05, 0) is 44.9 Å². The summed E-state index contributed by atoms with van der Waals surface area (Å²) in [6.07, 6.45) is 52.9. The van der Waals surface area contributed by atoms with Crippen molar-refractivity contribution in [3.63, 3.8) is 0 Å². The quantitative estimate of drug-likeness (QED) is 0.0326. The Labute approximate surface area is 346 Å². The number of rotatable bonds is 41. The van der Waals surface area contributed by atoms with Gasteiger partial charge in [0.05, 0.1) is 25.2 Å². The van der Waals surface area contributed by atoms with E-state index in [0.717, 1.165) is 70.6 Å². The van der Waals surface area contributed by atoms with Gasteiger partial charge in [0.25, 0.3) is 0 Å². The van der Waals surface area contributed by atoms with Crippen LogP contribution in [-0.4, -0.2) is 46.9 Å². The topological polar surface area (TPSA) is 95.9 Å². The molecular weight excluding hydrogens is 695 g/mol. The van der Waals surface area contributed by atoms with E-state index in [0.29, 0.717) is 19.3 Å². The molecule has 0 saturated carbocycles. The number of esters is 1. The number of hydrogen-bond acceptors (Lipinski definition) is 5. The minimum Gasteiger partial charge on any atom is -0.461 e. The van der Waals surface area contributed by atoms with E-state index in [2.05, 4.69) is 74.7 Å². The largest absolute Gasteiger partial charge is 0.461 e. The summed E-state index contributed by atoms with van der Waals surface area (Å²) in [6, 6.07) is -0.729. The molecule has 0 aliphatic rings. The molecule has 324 valence electrons. The SMILES string of the molecule is CC/C=C\C/C=C\C/C=C\C/C=C\C/C=C\CC(CC(=O)NC(CO)C(O)CCCCCCCCCCCC)OC(=O)CCCCCCCCCCCCCC. The lowest BCUT2D eigenvalue weighted by molar-refractivity contribution is -0.150. The van der Waals surface area contributed by atoms with Crippen LogP contribution in [0, 0.1) is 0 Å². The maximum absolute atomic E-state index is 13.1. The van der Waals surface area contributed by atoms with E-state index in [1.165, 1.54) is 103 Å². The first-order chi connectivity index (χ1) is 27.5. The number of allylic oxidation sites excluding steroid dienone is 9.